The molecule has 3 heterocycles. The molecule has 0 aliphatic rings. The van der Waals surface area contributed by atoms with Gasteiger partial charge in [0.2, 0.25) is 0 Å². The van der Waals surface area contributed by atoms with E-state index in [-0.39, 0.29) is 12.5 Å². The zero-order chi connectivity index (χ0) is 21.1. The maximum Gasteiger partial charge on any atom is 0.261 e. The summed E-state index contributed by atoms with van der Waals surface area (Å²) in [7, 11) is 1.55. The topological polar surface area (TPSA) is 107 Å². The Balaban J connectivity index is 1.74. The van der Waals surface area contributed by atoms with Crippen molar-refractivity contribution in [3.05, 3.63) is 59.6 Å². The molecule has 10 heteroatoms. The van der Waals surface area contributed by atoms with Crippen LogP contribution in [0, 0.1) is 0 Å². The number of carbonyl (C=O) groups excluding carboxylic acids is 1. The van der Waals surface area contributed by atoms with Crippen molar-refractivity contribution in [1.29, 1.82) is 0 Å². The molecule has 30 heavy (non-hydrogen) atoms. The van der Waals surface area contributed by atoms with Gasteiger partial charge in [-0.15, -0.1) is 0 Å². The second-order valence-corrected chi connectivity index (χ2v) is 6.91. The lowest BCUT2D eigenvalue weighted by Gasteiger charge is -2.09. The van der Waals surface area contributed by atoms with E-state index in [1.54, 1.807) is 54.6 Å². The van der Waals surface area contributed by atoms with Crippen LogP contribution in [0.1, 0.15) is 16.8 Å². The number of aliphatic hydroxyl groups is 1. The number of nitrogens with one attached hydrogen (secondary N) is 1. The molecule has 0 saturated heterocycles. The fourth-order valence-corrected chi connectivity index (χ4v) is 3.27. The summed E-state index contributed by atoms with van der Waals surface area (Å²) in [4.78, 5) is 17.2. The summed E-state index contributed by atoms with van der Waals surface area (Å²) in [6.45, 7) is 0.520. The molecule has 1 amide bonds. The van der Waals surface area contributed by atoms with Gasteiger partial charge in [0.05, 0.1) is 19.0 Å². The van der Waals surface area contributed by atoms with E-state index in [1.165, 1.54) is 10.7 Å². The summed E-state index contributed by atoms with van der Waals surface area (Å²) in [6.07, 6.45) is 7.02. The van der Waals surface area contributed by atoms with Gasteiger partial charge in [0.25, 0.3) is 5.91 Å². The maximum absolute atomic E-state index is 13.0. The van der Waals surface area contributed by atoms with Crippen molar-refractivity contribution in [2.24, 2.45) is 0 Å². The monoisotopic (exact) mass is 426 g/mol. The van der Waals surface area contributed by atoms with Gasteiger partial charge in [0.1, 0.15) is 17.0 Å². The van der Waals surface area contributed by atoms with Crippen LogP contribution in [-0.2, 0) is 6.54 Å². The van der Waals surface area contributed by atoms with Gasteiger partial charge in [-0.1, -0.05) is 11.6 Å². The third kappa shape index (κ3) is 3.85. The normalized spacial score (nSPS) is 11.0. The largest absolute Gasteiger partial charge is 0.496 e. The molecule has 3 aromatic heterocycles. The number of anilines is 1. The van der Waals surface area contributed by atoms with Crippen LogP contribution in [0.15, 0.2) is 49.1 Å². The van der Waals surface area contributed by atoms with Crippen molar-refractivity contribution < 1.29 is 14.6 Å². The minimum atomic E-state index is -0.368. The third-order valence-corrected chi connectivity index (χ3v) is 4.73. The summed E-state index contributed by atoms with van der Waals surface area (Å²) in [5, 5.41) is 21.3. The van der Waals surface area contributed by atoms with Crippen LogP contribution in [0.3, 0.4) is 0 Å². The second kappa shape index (κ2) is 8.52. The first-order chi connectivity index (χ1) is 14.6. The second-order valence-electron chi connectivity index (χ2n) is 6.48. The van der Waals surface area contributed by atoms with Gasteiger partial charge >= 0.3 is 0 Å². The van der Waals surface area contributed by atoms with E-state index in [4.69, 9.17) is 21.4 Å². The fourth-order valence-electron chi connectivity index (χ4n) is 3.10. The Kier molecular flexibility index (Phi) is 5.64. The third-order valence-electron chi connectivity index (χ3n) is 4.50. The van der Waals surface area contributed by atoms with Crippen molar-refractivity contribution in [2.75, 3.05) is 19.0 Å². The number of fused-ring (bicyclic) bond motifs is 1. The number of methoxy groups -OCH3 is 1. The maximum atomic E-state index is 13.0. The molecule has 154 valence electrons. The summed E-state index contributed by atoms with van der Waals surface area (Å²) in [5.41, 5.74) is 2.41. The van der Waals surface area contributed by atoms with Crippen LogP contribution in [0.25, 0.3) is 16.9 Å². The van der Waals surface area contributed by atoms with Crippen molar-refractivity contribution in [1.82, 2.24) is 24.4 Å². The molecule has 0 bridgehead atoms. The zero-order valence-electron chi connectivity index (χ0n) is 16.1. The quantitative estimate of drug-likeness (QED) is 0.470. The number of hydrogen-bond acceptors (Lipinski definition) is 6. The van der Waals surface area contributed by atoms with Crippen molar-refractivity contribution in [2.45, 2.75) is 13.0 Å². The molecule has 2 N–H and O–H groups in total. The Morgan fingerprint density at radius 1 is 1.37 bits per heavy atom. The van der Waals surface area contributed by atoms with Crippen molar-refractivity contribution in [3.8, 4) is 17.0 Å². The number of hydrogen-bond donors (Lipinski definition) is 2. The highest BCUT2D eigenvalue weighted by Crippen LogP contribution is 2.36. The highest BCUT2D eigenvalue weighted by Gasteiger charge is 2.20. The number of benzene rings is 1. The van der Waals surface area contributed by atoms with Gasteiger partial charge in [-0.3, -0.25) is 9.48 Å². The van der Waals surface area contributed by atoms with Crippen LogP contribution < -0.4 is 10.1 Å². The summed E-state index contributed by atoms with van der Waals surface area (Å²) < 4.78 is 8.64. The van der Waals surface area contributed by atoms with Gasteiger partial charge < -0.3 is 15.2 Å². The molecule has 0 atom stereocenters. The molecule has 0 saturated carbocycles. The van der Waals surface area contributed by atoms with Crippen molar-refractivity contribution >= 4 is 28.8 Å². The molecule has 0 fully saturated rings. The molecule has 0 unspecified atom stereocenters. The average molecular weight is 427 g/mol. The lowest BCUT2D eigenvalue weighted by Crippen LogP contribution is -2.12. The molecule has 4 rings (SSSR count). The minimum Gasteiger partial charge on any atom is -0.496 e. The van der Waals surface area contributed by atoms with Crippen molar-refractivity contribution in [3.63, 3.8) is 0 Å². The van der Waals surface area contributed by atoms with E-state index in [1.807, 2.05) is 0 Å². The summed E-state index contributed by atoms with van der Waals surface area (Å²) in [6, 6.07) is 6.92. The van der Waals surface area contributed by atoms with Gasteiger partial charge in [0.15, 0.2) is 5.65 Å². The number of ether oxygens (including phenoxy) is 1. The summed E-state index contributed by atoms with van der Waals surface area (Å²) in [5.74, 6) is 0.201. The number of amides is 1. The molecular weight excluding hydrogens is 408 g/mol. The van der Waals surface area contributed by atoms with E-state index >= 15 is 0 Å². The predicted molar refractivity (Wildman–Crippen MR) is 112 cm³/mol. The lowest BCUT2D eigenvalue weighted by atomic mass is 10.1. The average Bonchev–Trinajstić information content (AvgIpc) is 3.36. The minimum absolute atomic E-state index is 0.0332. The Bertz CT molecular complexity index is 1200. The van der Waals surface area contributed by atoms with Crippen LogP contribution >= 0.6 is 11.6 Å². The summed E-state index contributed by atoms with van der Waals surface area (Å²) >= 11 is 6.19. The van der Waals surface area contributed by atoms with Gasteiger partial charge in [0, 0.05) is 42.3 Å². The number of nitrogens with zero attached hydrogens (tertiary/aromatic N) is 5. The Morgan fingerprint density at radius 2 is 2.23 bits per heavy atom. The van der Waals surface area contributed by atoms with Crippen LogP contribution in [0.4, 0.5) is 5.69 Å². The van der Waals surface area contributed by atoms with E-state index in [9.17, 15) is 4.79 Å². The standard InChI is InChI=1S/C20H19ClN6O3/c1-30-17-5-4-13(21)10-14(17)18-16(12-26(25-18)7-3-9-28)24-20(29)15-11-23-27-8-2-6-22-19(15)27/h2,4-6,8,10-12,28H,3,7,9H2,1H3,(H,24,29). The number of aliphatic hydroxyl groups excluding tert-OH is 1. The van der Waals surface area contributed by atoms with Gasteiger partial charge in [-0.2, -0.15) is 10.2 Å². The van der Waals surface area contributed by atoms with Crippen LogP contribution in [0.5, 0.6) is 5.75 Å². The van der Waals surface area contributed by atoms with E-state index in [2.05, 4.69) is 20.5 Å². The fraction of sp³-hybridized carbons (Fsp3) is 0.200. The first kappa shape index (κ1) is 19.9. The number of carbonyl (C=O) groups is 1. The highest BCUT2D eigenvalue weighted by atomic mass is 35.5. The first-order valence-corrected chi connectivity index (χ1v) is 9.60. The molecule has 9 nitrogen and oxygen atoms in total. The lowest BCUT2D eigenvalue weighted by molar-refractivity contribution is 0.102. The molecule has 4 aromatic rings. The Labute approximate surface area is 176 Å². The number of aryl methyl sites for hydroxylation is 1. The van der Waals surface area contributed by atoms with E-state index in [0.717, 1.165) is 0 Å². The molecular formula is C20H19ClN6O3. The van der Waals surface area contributed by atoms with Crippen LogP contribution in [-0.4, -0.2) is 49.1 Å². The first-order valence-electron chi connectivity index (χ1n) is 9.22. The van der Waals surface area contributed by atoms with Gasteiger partial charge in [-0.05, 0) is 30.7 Å². The predicted octanol–water partition coefficient (Wildman–Crippen LogP) is 2.89. The molecule has 0 spiro atoms. The molecule has 0 aliphatic carbocycles. The molecule has 0 aliphatic heterocycles. The number of rotatable bonds is 7. The zero-order valence-corrected chi connectivity index (χ0v) is 16.9. The number of halogens is 1. The Hall–Kier alpha value is -3.43. The van der Waals surface area contributed by atoms with Gasteiger partial charge in [-0.25, -0.2) is 9.50 Å². The highest BCUT2D eigenvalue weighted by molar-refractivity contribution is 6.31. The van der Waals surface area contributed by atoms with Crippen LogP contribution in [0.2, 0.25) is 5.02 Å². The van der Waals surface area contributed by atoms with E-state index in [0.29, 0.717) is 51.9 Å². The SMILES string of the molecule is COc1ccc(Cl)cc1-c1nn(CCCO)cc1NC(=O)c1cnn2cccnc12. The molecule has 1 aromatic carbocycles. The van der Waals surface area contributed by atoms with E-state index < -0.39 is 0 Å². The number of aromatic nitrogens is 5. The molecule has 0 radical (unpaired) electrons. The Morgan fingerprint density at radius 3 is 3.03 bits per heavy atom. The smallest absolute Gasteiger partial charge is 0.261 e.